The Kier molecular flexibility index (Phi) is 4.73. The molecule has 1 N–H and O–H groups in total. The SMILES string of the molecule is CC(=O)O[C@@H]1CC2C3C[C@H](C)C4=CC(=O)C=C[C@]4(C)C3=CC[C@]2(C)[C@H]1C(=O)CO. The van der Waals surface area contributed by atoms with E-state index in [1.54, 1.807) is 12.2 Å². The van der Waals surface area contributed by atoms with Crippen LogP contribution in [0.5, 0.6) is 0 Å². The lowest BCUT2D eigenvalue weighted by atomic mass is 9.50. The molecule has 4 aliphatic carbocycles. The summed E-state index contributed by atoms with van der Waals surface area (Å²) < 4.78 is 5.59. The van der Waals surface area contributed by atoms with Crippen molar-refractivity contribution in [2.24, 2.45) is 34.5 Å². The maximum absolute atomic E-state index is 12.7. The highest BCUT2D eigenvalue weighted by Crippen LogP contribution is 2.65. The molecule has 0 aliphatic heterocycles. The van der Waals surface area contributed by atoms with Crippen molar-refractivity contribution in [1.29, 1.82) is 0 Å². The smallest absolute Gasteiger partial charge is 0.302 e. The third kappa shape index (κ3) is 2.89. The summed E-state index contributed by atoms with van der Waals surface area (Å²) in [6.45, 7) is 7.32. The fraction of sp³-hybridized carbons (Fsp3) is 0.625. The summed E-state index contributed by atoms with van der Waals surface area (Å²) in [7, 11) is 0. The van der Waals surface area contributed by atoms with Crippen molar-refractivity contribution in [3.05, 3.63) is 35.5 Å². The van der Waals surface area contributed by atoms with Crippen LogP contribution in [0.15, 0.2) is 35.5 Å². The number of ether oxygens (including phenoxy) is 1. The number of fused-ring (bicyclic) bond motifs is 5. The molecule has 4 rings (SSSR count). The van der Waals surface area contributed by atoms with Crippen molar-refractivity contribution >= 4 is 17.5 Å². The number of hydrogen-bond acceptors (Lipinski definition) is 5. The van der Waals surface area contributed by atoms with Gasteiger partial charge in [0.05, 0.1) is 5.92 Å². The van der Waals surface area contributed by atoms with Crippen LogP contribution in [0, 0.1) is 34.5 Å². The minimum Gasteiger partial charge on any atom is -0.462 e. The highest BCUT2D eigenvalue weighted by molar-refractivity contribution is 6.01. The van der Waals surface area contributed by atoms with Crippen LogP contribution in [0.25, 0.3) is 0 Å². The first-order valence-electron chi connectivity index (χ1n) is 10.6. The molecule has 5 heteroatoms. The molecule has 156 valence electrons. The van der Waals surface area contributed by atoms with Crippen molar-refractivity contribution in [3.63, 3.8) is 0 Å². The molecule has 2 fully saturated rings. The molecular weight excluding hydrogens is 368 g/mol. The van der Waals surface area contributed by atoms with Crippen molar-refractivity contribution in [3.8, 4) is 0 Å². The van der Waals surface area contributed by atoms with Gasteiger partial charge in [-0.3, -0.25) is 14.4 Å². The van der Waals surface area contributed by atoms with Gasteiger partial charge in [0.1, 0.15) is 12.7 Å². The lowest BCUT2D eigenvalue weighted by molar-refractivity contribution is -0.152. The van der Waals surface area contributed by atoms with E-state index in [1.807, 2.05) is 6.08 Å². The van der Waals surface area contributed by atoms with Crippen LogP contribution in [0.2, 0.25) is 0 Å². The zero-order valence-corrected chi connectivity index (χ0v) is 17.6. The average molecular weight is 398 g/mol. The van der Waals surface area contributed by atoms with E-state index in [4.69, 9.17) is 4.74 Å². The zero-order valence-electron chi connectivity index (χ0n) is 17.6. The number of Topliss-reactive ketones (excluding diaryl/α,β-unsaturated/α-hetero) is 1. The monoisotopic (exact) mass is 398 g/mol. The third-order valence-electron chi connectivity index (χ3n) is 8.10. The van der Waals surface area contributed by atoms with Gasteiger partial charge < -0.3 is 9.84 Å². The number of hydrogen-bond donors (Lipinski definition) is 1. The Morgan fingerprint density at radius 3 is 2.62 bits per heavy atom. The summed E-state index contributed by atoms with van der Waals surface area (Å²) in [5.74, 6) is -0.340. The molecule has 0 aromatic rings. The van der Waals surface area contributed by atoms with Gasteiger partial charge in [-0.2, -0.15) is 0 Å². The molecule has 2 unspecified atom stereocenters. The number of allylic oxidation sites excluding steroid dienone is 6. The number of aliphatic hydroxyl groups excluding tert-OH is 1. The summed E-state index contributed by atoms with van der Waals surface area (Å²) in [5.41, 5.74) is 1.88. The summed E-state index contributed by atoms with van der Waals surface area (Å²) in [4.78, 5) is 36.4. The summed E-state index contributed by atoms with van der Waals surface area (Å²) in [6, 6.07) is 0. The summed E-state index contributed by atoms with van der Waals surface area (Å²) in [5, 5.41) is 9.59. The number of aliphatic hydroxyl groups is 1. The fourth-order valence-electron chi connectivity index (χ4n) is 6.92. The minimum absolute atomic E-state index is 0.0495. The quantitative estimate of drug-likeness (QED) is 0.583. The van der Waals surface area contributed by atoms with E-state index in [0.717, 1.165) is 6.42 Å². The van der Waals surface area contributed by atoms with Crippen molar-refractivity contribution in [2.45, 2.75) is 53.1 Å². The second kappa shape index (κ2) is 6.76. The normalized spacial score (nSPS) is 42.9. The second-order valence-corrected chi connectivity index (χ2v) is 9.74. The molecule has 29 heavy (non-hydrogen) atoms. The van der Waals surface area contributed by atoms with Crippen LogP contribution in [0.1, 0.15) is 47.0 Å². The summed E-state index contributed by atoms with van der Waals surface area (Å²) >= 11 is 0. The minimum atomic E-state index is -0.530. The molecule has 0 aromatic heterocycles. The van der Waals surface area contributed by atoms with Gasteiger partial charge in [-0.1, -0.05) is 31.6 Å². The van der Waals surface area contributed by atoms with Crippen molar-refractivity contribution in [1.82, 2.24) is 0 Å². The molecule has 0 saturated heterocycles. The second-order valence-electron chi connectivity index (χ2n) is 9.74. The molecule has 5 nitrogen and oxygen atoms in total. The van der Waals surface area contributed by atoms with Gasteiger partial charge in [-0.15, -0.1) is 0 Å². The molecule has 4 aliphatic rings. The van der Waals surface area contributed by atoms with Gasteiger partial charge in [0.25, 0.3) is 0 Å². The number of rotatable bonds is 3. The Morgan fingerprint density at radius 2 is 1.97 bits per heavy atom. The Bertz CT molecular complexity index is 864. The molecule has 7 atom stereocenters. The standard InChI is InChI=1S/C24H30O5/c1-13-9-16-17(23(3)7-5-15(27)10-18(13)23)6-8-24(4)19(16)11-21(29-14(2)26)22(24)20(28)12-25/h5-7,10,13,16,19,21-22,25H,8-9,11-12H2,1-4H3/t13-,16?,19?,21+,22-,23+,24-/m0/s1. The van der Waals surface area contributed by atoms with Gasteiger partial charge in [-0.25, -0.2) is 0 Å². The lowest BCUT2D eigenvalue weighted by Crippen LogP contribution is -2.47. The van der Waals surface area contributed by atoms with Gasteiger partial charge in [0.15, 0.2) is 11.6 Å². The average Bonchev–Trinajstić information content (AvgIpc) is 2.94. The van der Waals surface area contributed by atoms with E-state index in [9.17, 15) is 19.5 Å². The first kappa shape index (κ1) is 20.3. The van der Waals surface area contributed by atoms with Gasteiger partial charge >= 0.3 is 5.97 Å². The molecule has 0 bridgehead atoms. The van der Waals surface area contributed by atoms with Crippen LogP contribution in [0.3, 0.4) is 0 Å². The molecule has 0 heterocycles. The molecular formula is C24H30O5. The van der Waals surface area contributed by atoms with Crippen LogP contribution in [-0.4, -0.2) is 35.4 Å². The number of carbonyl (C=O) groups excluding carboxylic acids is 3. The Balaban J connectivity index is 1.77. The van der Waals surface area contributed by atoms with Crippen LogP contribution in [0.4, 0.5) is 0 Å². The topological polar surface area (TPSA) is 80.7 Å². The third-order valence-corrected chi connectivity index (χ3v) is 8.10. The number of carbonyl (C=O) groups is 3. The van der Waals surface area contributed by atoms with Gasteiger partial charge in [0, 0.05) is 12.3 Å². The van der Waals surface area contributed by atoms with Gasteiger partial charge in [-0.05, 0) is 67.1 Å². The van der Waals surface area contributed by atoms with E-state index in [1.165, 1.54) is 18.1 Å². The Morgan fingerprint density at radius 1 is 1.24 bits per heavy atom. The van der Waals surface area contributed by atoms with Crippen LogP contribution in [-0.2, 0) is 19.1 Å². The molecule has 0 radical (unpaired) electrons. The Hall–Kier alpha value is -2.01. The van der Waals surface area contributed by atoms with Crippen LogP contribution >= 0.6 is 0 Å². The maximum Gasteiger partial charge on any atom is 0.302 e. The molecule has 2 saturated carbocycles. The Labute approximate surface area is 171 Å². The van der Waals surface area contributed by atoms with Crippen LogP contribution < -0.4 is 0 Å². The molecule has 0 spiro atoms. The number of esters is 1. The number of ketones is 2. The predicted octanol–water partition coefficient (Wildman–Crippen LogP) is 3.18. The van der Waals surface area contributed by atoms with Gasteiger partial charge in [0.2, 0.25) is 0 Å². The van der Waals surface area contributed by atoms with E-state index in [-0.39, 0.29) is 46.1 Å². The van der Waals surface area contributed by atoms with Crippen molar-refractivity contribution in [2.75, 3.05) is 6.61 Å². The highest BCUT2D eigenvalue weighted by Gasteiger charge is 2.61. The van der Waals surface area contributed by atoms with E-state index < -0.39 is 18.6 Å². The van der Waals surface area contributed by atoms with E-state index >= 15 is 0 Å². The fourth-order valence-corrected chi connectivity index (χ4v) is 6.92. The summed E-state index contributed by atoms with van der Waals surface area (Å²) in [6.07, 6.45) is 9.53. The lowest BCUT2D eigenvalue weighted by Gasteiger charge is -2.53. The largest absolute Gasteiger partial charge is 0.462 e. The molecule has 0 amide bonds. The zero-order chi connectivity index (χ0) is 21.1. The highest BCUT2D eigenvalue weighted by atomic mass is 16.5. The molecule has 0 aromatic carbocycles. The first-order chi connectivity index (χ1) is 13.6. The first-order valence-corrected chi connectivity index (χ1v) is 10.6. The van der Waals surface area contributed by atoms with Crippen molar-refractivity contribution < 1.29 is 24.2 Å². The van der Waals surface area contributed by atoms with E-state index in [2.05, 4.69) is 26.8 Å². The van der Waals surface area contributed by atoms with E-state index in [0.29, 0.717) is 12.8 Å². The maximum atomic E-state index is 12.7. The predicted molar refractivity (Wildman–Crippen MR) is 108 cm³/mol.